The molecule has 4 fully saturated rings. The molecule has 4 rings (SSSR count). The molecule has 0 aromatic heterocycles. The van der Waals surface area contributed by atoms with E-state index in [0.29, 0.717) is 36.5 Å². The molecular weight excluding hydrogens is 438 g/mol. The summed E-state index contributed by atoms with van der Waals surface area (Å²) in [6, 6.07) is 0. The largest absolute Gasteiger partial charge is 0.393 e. The third-order valence-corrected chi connectivity index (χ3v) is 10.9. The van der Waals surface area contributed by atoms with Crippen molar-refractivity contribution in [2.75, 3.05) is 12.3 Å². The third-order valence-electron chi connectivity index (χ3n) is 10.2. The molecule has 0 aromatic carbocycles. The van der Waals surface area contributed by atoms with Crippen molar-refractivity contribution in [3.8, 4) is 0 Å². The van der Waals surface area contributed by atoms with Crippen LogP contribution < -0.4 is 5.32 Å². The molecule has 1 amide bonds. The van der Waals surface area contributed by atoms with Gasteiger partial charge in [0.15, 0.2) is 0 Å². The summed E-state index contributed by atoms with van der Waals surface area (Å²) in [4.78, 5) is 12.2. The number of rotatable bonds is 7. The van der Waals surface area contributed by atoms with E-state index in [9.17, 15) is 18.3 Å². The Hall–Kier alpha value is -0.660. The molecule has 0 saturated heterocycles. The summed E-state index contributed by atoms with van der Waals surface area (Å²) in [5.74, 6) is 0.977. The molecule has 4 aliphatic carbocycles. The Morgan fingerprint density at radius 3 is 2.58 bits per heavy atom. The lowest BCUT2D eigenvalue weighted by atomic mass is 9.44. The van der Waals surface area contributed by atoms with Crippen molar-refractivity contribution < 1.29 is 28.4 Å². The first-order chi connectivity index (χ1) is 16.9. The summed E-state index contributed by atoms with van der Waals surface area (Å²) < 4.78 is 64.8. The van der Waals surface area contributed by atoms with Crippen LogP contribution >= 0.6 is 0 Å². The minimum absolute atomic E-state index is 0.0923. The van der Waals surface area contributed by atoms with Crippen LogP contribution in [0.4, 0.5) is 0 Å². The Bertz CT molecular complexity index is 993. The van der Waals surface area contributed by atoms with Gasteiger partial charge in [-0.15, -0.1) is 0 Å². The maximum atomic E-state index is 12.2. The van der Waals surface area contributed by atoms with E-state index in [4.69, 9.17) is 10.0 Å². The van der Waals surface area contributed by atoms with Gasteiger partial charge in [0.2, 0.25) is 5.91 Å². The summed E-state index contributed by atoms with van der Waals surface area (Å²) >= 11 is 0. The monoisotopic (exact) mass is 487 g/mol. The molecule has 0 spiro atoms. The van der Waals surface area contributed by atoms with Crippen molar-refractivity contribution in [2.45, 2.75) is 97.4 Å². The van der Waals surface area contributed by atoms with Gasteiger partial charge < -0.3 is 10.4 Å². The predicted molar refractivity (Wildman–Crippen MR) is 129 cm³/mol. The summed E-state index contributed by atoms with van der Waals surface area (Å²) in [5.41, 5.74) is -0.336. The number of nitrogens with one attached hydrogen (secondary N) is 1. The SMILES string of the molecule is [2H]C1([2H])C[C@@]2(C)C(CC[C@H]3[C@@H]4CC[C@H]([C@H](C)CCC(=O)NCCS(=O)(=O)O)[C@@]4(C)CC[C@@H]32)C([2H])([2H])[C@@H]1O. The van der Waals surface area contributed by atoms with Crippen molar-refractivity contribution in [1.29, 1.82) is 0 Å². The number of aliphatic hydroxyl groups excluding tert-OH is 1. The molecule has 0 bridgehead atoms. The summed E-state index contributed by atoms with van der Waals surface area (Å²) in [6.45, 7) is 6.60. The zero-order chi connectivity index (χ0) is 27.6. The first-order valence-electron chi connectivity index (χ1n) is 14.8. The maximum absolute atomic E-state index is 12.2. The fraction of sp³-hybridized carbons (Fsp3) is 0.962. The summed E-state index contributed by atoms with van der Waals surface area (Å²) in [6.07, 6.45) is 1.58. The first kappa shape index (κ1) is 20.5. The zero-order valence-electron chi connectivity index (χ0n) is 24.3. The second-order valence-electron chi connectivity index (χ2n) is 11.8. The standard InChI is InChI=1S/C26H45NO5S/c1-17(4-9-24(29)27-14-15-33(30,31)32)21-7-8-22-20-6-5-18-16-19(28)10-12-25(18,2)23(20)11-13-26(21,22)3/h17-23,28H,4-16H2,1-3H3,(H,27,29)(H,30,31,32)/t17-,18?,19-,20+,21-,22+,23+,25+,26-/m1/s1/i10D2,16D2. The van der Waals surface area contributed by atoms with E-state index in [1.807, 2.05) is 0 Å². The second-order valence-corrected chi connectivity index (χ2v) is 13.4. The molecule has 33 heavy (non-hydrogen) atoms. The predicted octanol–water partition coefficient (Wildman–Crippen LogP) is 4.43. The number of carbonyl (C=O) groups excluding carboxylic acids is 1. The number of fused-ring (bicyclic) bond motifs is 5. The van der Waals surface area contributed by atoms with E-state index in [0.717, 1.165) is 38.5 Å². The molecule has 7 heteroatoms. The lowest BCUT2D eigenvalue weighted by molar-refractivity contribution is -0.129. The van der Waals surface area contributed by atoms with Crippen molar-refractivity contribution in [1.82, 2.24) is 5.32 Å². The molecule has 9 atom stereocenters. The number of hydrogen-bond acceptors (Lipinski definition) is 4. The minimum atomic E-state index is -4.09. The van der Waals surface area contributed by atoms with Gasteiger partial charge in [0.05, 0.1) is 11.9 Å². The van der Waals surface area contributed by atoms with Gasteiger partial charge in [0.1, 0.15) is 0 Å². The van der Waals surface area contributed by atoms with Crippen molar-refractivity contribution in [3.63, 3.8) is 0 Å². The van der Waals surface area contributed by atoms with Gasteiger partial charge in [0, 0.05) is 18.4 Å². The lowest BCUT2D eigenvalue weighted by Crippen LogP contribution is -2.54. The van der Waals surface area contributed by atoms with Crippen LogP contribution in [0.1, 0.15) is 96.8 Å². The maximum Gasteiger partial charge on any atom is 0.266 e. The molecule has 4 aliphatic rings. The average molecular weight is 488 g/mol. The zero-order valence-corrected chi connectivity index (χ0v) is 21.2. The highest BCUT2D eigenvalue weighted by Crippen LogP contribution is 2.68. The van der Waals surface area contributed by atoms with Crippen LogP contribution in [0.15, 0.2) is 0 Å². The van der Waals surface area contributed by atoms with Crippen LogP contribution in [0.3, 0.4) is 0 Å². The fourth-order valence-corrected chi connectivity index (χ4v) is 8.85. The normalized spacial score (nSPS) is 48.6. The smallest absolute Gasteiger partial charge is 0.266 e. The van der Waals surface area contributed by atoms with Gasteiger partial charge in [-0.2, -0.15) is 8.42 Å². The molecule has 0 aliphatic heterocycles. The quantitative estimate of drug-likeness (QED) is 0.461. The number of carbonyl (C=O) groups is 1. The van der Waals surface area contributed by atoms with Gasteiger partial charge >= 0.3 is 0 Å². The van der Waals surface area contributed by atoms with Crippen molar-refractivity contribution >= 4 is 16.0 Å². The number of hydrogen-bond donors (Lipinski definition) is 3. The van der Waals surface area contributed by atoms with E-state index >= 15 is 0 Å². The highest BCUT2D eigenvalue weighted by Gasteiger charge is 2.60. The first-order valence-corrected chi connectivity index (χ1v) is 14.4. The van der Waals surface area contributed by atoms with E-state index in [1.54, 1.807) is 0 Å². The molecule has 0 heterocycles. The second kappa shape index (κ2) is 9.42. The molecule has 0 radical (unpaired) electrons. The third kappa shape index (κ3) is 5.02. The van der Waals surface area contributed by atoms with Crippen LogP contribution in [0.5, 0.6) is 0 Å². The molecule has 4 saturated carbocycles. The number of amides is 1. The van der Waals surface area contributed by atoms with Crippen LogP contribution in [0.25, 0.3) is 0 Å². The Labute approximate surface area is 206 Å². The molecule has 190 valence electrons. The van der Waals surface area contributed by atoms with Crippen LogP contribution in [-0.4, -0.2) is 42.4 Å². The minimum Gasteiger partial charge on any atom is -0.393 e. The van der Waals surface area contributed by atoms with Crippen LogP contribution in [0.2, 0.25) is 0 Å². The van der Waals surface area contributed by atoms with Gasteiger partial charge in [-0.25, -0.2) is 0 Å². The Morgan fingerprint density at radius 1 is 1.12 bits per heavy atom. The summed E-state index contributed by atoms with van der Waals surface area (Å²) in [7, 11) is -4.09. The highest BCUT2D eigenvalue weighted by molar-refractivity contribution is 7.85. The van der Waals surface area contributed by atoms with Gasteiger partial charge in [-0.05, 0) is 110 Å². The van der Waals surface area contributed by atoms with Crippen LogP contribution in [-0.2, 0) is 14.9 Å². The Kier molecular flexibility index (Phi) is 5.86. The molecule has 6 nitrogen and oxygen atoms in total. The van der Waals surface area contributed by atoms with Gasteiger partial charge in [-0.3, -0.25) is 9.35 Å². The lowest BCUT2D eigenvalue weighted by Gasteiger charge is -2.61. The van der Waals surface area contributed by atoms with Crippen molar-refractivity contribution in [2.24, 2.45) is 46.3 Å². The molecule has 0 aromatic rings. The fourth-order valence-electron chi connectivity index (χ4n) is 8.49. The van der Waals surface area contributed by atoms with E-state index in [-0.39, 0.29) is 36.1 Å². The molecule has 3 N–H and O–H groups in total. The summed E-state index contributed by atoms with van der Waals surface area (Å²) in [5, 5.41) is 13.1. The average Bonchev–Trinajstić information content (AvgIpc) is 3.12. The van der Waals surface area contributed by atoms with E-state index in [1.165, 1.54) is 0 Å². The topological polar surface area (TPSA) is 104 Å². The Balaban J connectivity index is 1.43. The highest BCUT2D eigenvalue weighted by atomic mass is 32.2. The van der Waals surface area contributed by atoms with Crippen molar-refractivity contribution in [3.05, 3.63) is 0 Å². The Morgan fingerprint density at radius 2 is 1.85 bits per heavy atom. The molecular formula is C26H45NO5S. The molecule has 1 unspecified atom stereocenters. The van der Waals surface area contributed by atoms with Gasteiger partial charge in [-0.1, -0.05) is 20.8 Å². The van der Waals surface area contributed by atoms with Gasteiger partial charge in [0.25, 0.3) is 10.1 Å². The van der Waals surface area contributed by atoms with Crippen LogP contribution in [0, 0.1) is 46.3 Å². The van der Waals surface area contributed by atoms with E-state index < -0.39 is 40.1 Å². The van der Waals surface area contributed by atoms with E-state index in [2.05, 4.69) is 26.1 Å². The number of aliphatic hydroxyl groups is 1.